The van der Waals surface area contributed by atoms with Crippen molar-refractivity contribution in [2.24, 2.45) is 0 Å². The number of aromatic nitrogens is 1. The fourth-order valence-electron chi connectivity index (χ4n) is 8.87. The molecule has 0 aliphatic heterocycles. The van der Waals surface area contributed by atoms with Crippen LogP contribution in [0.5, 0.6) is 0 Å². The van der Waals surface area contributed by atoms with Crippen molar-refractivity contribution in [2.75, 3.05) is 4.90 Å². The molecule has 12 rings (SSSR count). The van der Waals surface area contributed by atoms with Crippen LogP contribution in [0.4, 0.5) is 17.1 Å². The van der Waals surface area contributed by atoms with E-state index >= 15 is 0 Å². The summed E-state index contributed by atoms with van der Waals surface area (Å²) in [6.45, 7) is 0. The van der Waals surface area contributed by atoms with Crippen molar-refractivity contribution in [3.8, 4) is 33.7 Å². The van der Waals surface area contributed by atoms with Gasteiger partial charge in [0.15, 0.2) is 5.58 Å². The summed E-state index contributed by atoms with van der Waals surface area (Å²) < 4.78 is 12.9. The van der Waals surface area contributed by atoms with E-state index in [9.17, 15) is 0 Å². The van der Waals surface area contributed by atoms with Crippen LogP contribution in [0.15, 0.2) is 179 Å². The minimum atomic E-state index is 0.643. The number of hydrogen-bond donors (Lipinski definition) is 0. The number of nitrogens with zero attached hydrogens (tertiary/aromatic N) is 2. The van der Waals surface area contributed by atoms with Gasteiger partial charge in [-0.25, -0.2) is 4.98 Å². The van der Waals surface area contributed by atoms with E-state index < -0.39 is 0 Å². The number of furan rings is 1. The fraction of sp³-hybridized carbons (Fsp3) is 0.0192. The topological polar surface area (TPSA) is 42.4 Å². The zero-order valence-electron chi connectivity index (χ0n) is 30.1. The number of fused-ring (bicyclic) bond motifs is 11. The maximum Gasteiger partial charge on any atom is 0.227 e. The van der Waals surface area contributed by atoms with Crippen molar-refractivity contribution in [1.29, 1.82) is 0 Å². The van der Waals surface area contributed by atoms with Crippen LogP contribution >= 0.6 is 0 Å². The van der Waals surface area contributed by atoms with Crippen molar-refractivity contribution in [1.82, 2.24) is 4.98 Å². The second kappa shape index (κ2) is 11.9. The fourth-order valence-corrected chi connectivity index (χ4v) is 8.87. The summed E-state index contributed by atoms with van der Waals surface area (Å²) in [5.74, 6) is 0.643. The lowest BCUT2D eigenvalue weighted by atomic mass is 9.98. The van der Waals surface area contributed by atoms with Crippen molar-refractivity contribution >= 4 is 71.6 Å². The molecule has 56 heavy (non-hydrogen) atoms. The summed E-state index contributed by atoms with van der Waals surface area (Å²) in [5.41, 5.74) is 14.8. The van der Waals surface area contributed by atoms with E-state index in [1.54, 1.807) is 0 Å². The predicted octanol–water partition coefficient (Wildman–Crippen LogP) is 14.0. The highest BCUT2D eigenvalue weighted by Crippen LogP contribution is 2.46. The van der Waals surface area contributed by atoms with E-state index in [4.69, 9.17) is 13.8 Å². The highest BCUT2D eigenvalue weighted by molar-refractivity contribution is 6.20. The maximum atomic E-state index is 6.59. The van der Waals surface area contributed by atoms with Crippen molar-refractivity contribution in [3.05, 3.63) is 193 Å². The Morgan fingerprint density at radius 1 is 0.518 bits per heavy atom. The van der Waals surface area contributed by atoms with E-state index in [1.165, 1.54) is 22.3 Å². The zero-order valence-corrected chi connectivity index (χ0v) is 30.1. The molecule has 0 unspecified atom stereocenters. The van der Waals surface area contributed by atoms with Crippen LogP contribution in [-0.2, 0) is 6.42 Å². The number of para-hydroxylation sites is 1. The lowest BCUT2D eigenvalue weighted by molar-refractivity contribution is 0.620. The molecular weight excluding hydrogens is 685 g/mol. The summed E-state index contributed by atoms with van der Waals surface area (Å²) in [6.07, 6.45) is 0.921. The van der Waals surface area contributed by atoms with Crippen molar-refractivity contribution in [3.63, 3.8) is 0 Å². The van der Waals surface area contributed by atoms with Crippen molar-refractivity contribution < 1.29 is 8.83 Å². The molecule has 0 spiro atoms. The van der Waals surface area contributed by atoms with Crippen LogP contribution in [0, 0.1) is 12.1 Å². The van der Waals surface area contributed by atoms with Gasteiger partial charge in [-0.3, -0.25) is 0 Å². The molecule has 0 radical (unpaired) electrons. The van der Waals surface area contributed by atoms with Crippen LogP contribution in [0.1, 0.15) is 11.1 Å². The van der Waals surface area contributed by atoms with Crippen LogP contribution in [0.3, 0.4) is 0 Å². The minimum absolute atomic E-state index is 0.643. The summed E-state index contributed by atoms with van der Waals surface area (Å²) in [4.78, 5) is 7.56. The van der Waals surface area contributed by atoms with Crippen LogP contribution in [-0.4, -0.2) is 4.98 Å². The average molecular weight is 715 g/mol. The van der Waals surface area contributed by atoms with Gasteiger partial charge in [-0.1, -0.05) is 109 Å². The third kappa shape index (κ3) is 4.65. The third-order valence-electron chi connectivity index (χ3n) is 11.4. The van der Waals surface area contributed by atoms with Gasteiger partial charge in [-0.2, -0.15) is 0 Å². The molecule has 11 aromatic rings. The summed E-state index contributed by atoms with van der Waals surface area (Å²) in [6, 6.07) is 66.0. The van der Waals surface area contributed by atoms with Gasteiger partial charge in [0.1, 0.15) is 16.7 Å². The third-order valence-corrected chi connectivity index (χ3v) is 11.4. The molecule has 2 aromatic heterocycles. The quantitative estimate of drug-likeness (QED) is 0.166. The Morgan fingerprint density at radius 2 is 1.32 bits per heavy atom. The lowest BCUT2D eigenvalue weighted by Gasteiger charge is -2.27. The van der Waals surface area contributed by atoms with Gasteiger partial charge >= 0.3 is 0 Å². The van der Waals surface area contributed by atoms with Gasteiger partial charge in [-0.05, 0) is 117 Å². The molecule has 9 aromatic carbocycles. The second-order valence-corrected chi connectivity index (χ2v) is 14.5. The molecule has 2 heterocycles. The summed E-state index contributed by atoms with van der Waals surface area (Å²) in [7, 11) is 0. The molecule has 0 saturated heterocycles. The Balaban J connectivity index is 1.03. The first-order chi connectivity index (χ1) is 27.7. The first-order valence-electron chi connectivity index (χ1n) is 18.9. The molecule has 0 fully saturated rings. The molecule has 0 N–H and O–H groups in total. The Morgan fingerprint density at radius 3 is 2.29 bits per heavy atom. The van der Waals surface area contributed by atoms with Crippen LogP contribution in [0.2, 0.25) is 0 Å². The minimum Gasteiger partial charge on any atom is -0.456 e. The molecule has 0 atom stereocenters. The second-order valence-electron chi connectivity index (χ2n) is 14.5. The first-order valence-corrected chi connectivity index (χ1v) is 18.9. The number of anilines is 3. The highest BCUT2D eigenvalue weighted by Gasteiger charge is 2.25. The van der Waals surface area contributed by atoms with E-state index in [0.29, 0.717) is 5.89 Å². The molecule has 4 heteroatoms. The molecule has 0 saturated carbocycles. The van der Waals surface area contributed by atoms with Gasteiger partial charge in [-0.15, -0.1) is 0 Å². The molecular formula is C52H30N2O2. The smallest absolute Gasteiger partial charge is 0.227 e. The van der Waals surface area contributed by atoms with Gasteiger partial charge in [0, 0.05) is 38.9 Å². The highest BCUT2D eigenvalue weighted by atomic mass is 16.3. The predicted molar refractivity (Wildman–Crippen MR) is 228 cm³/mol. The Labute approximate surface area is 322 Å². The van der Waals surface area contributed by atoms with E-state index in [0.717, 1.165) is 94.8 Å². The lowest BCUT2D eigenvalue weighted by Crippen LogP contribution is -2.10. The number of rotatable bonds is 5. The van der Waals surface area contributed by atoms with Crippen LogP contribution < -0.4 is 4.90 Å². The normalized spacial score (nSPS) is 12.1. The van der Waals surface area contributed by atoms with Gasteiger partial charge in [0.25, 0.3) is 0 Å². The van der Waals surface area contributed by atoms with E-state index in [1.807, 2.05) is 24.3 Å². The Hall–Kier alpha value is -7.61. The first kappa shape index (κ1) is 30.8. The van der Waals surface area contributed by atoms with E-state index in [2.05, 4.69) is 163 Å². The molecule has 0 bridgehead atoms. The number of hydrogen-bond acceptors (Lipinski definition) is 4. The number of benzene rings is 8. The number of oxazole rings is 1. The SMILES string of the molecule is c1ccc(N(c2cccc(-c3ccc4c(c3)oc3ccccc34)c2)c2cccc3ccc4c(ccc5oc(-c6cccc7c6-c6ccccc6C7)nc54)c23)cc#1. The zero-order chi connectivity index (χ0) is 36.7. The van der Waals surface area contributed by atoms with Gasteiger partial charge in [0.05, 0.1) is 11.4 Å². The maximum absolute atomic E-state index is 6.59. The van der Waals surface area contributed by atoms with E-state index in [-0.39, 0.29) is 0 Å². The van der Waals surface area contributed by atoms with Gasteiger partial charge in [0.2, 0.25) is 5.89 Å². The van der Waals surface area contributed by atoms with Crippen LogP contribution in [0.25, 0.3) is 88.3 Å². The monoisotopic (exact) mass is 714 g/mol. The molecule has 4 nitrogen and oxygen atoms in total. The Kier molecular flexibility index (Phi) is 6.57. The standard InChI is InChI=1S/C52H30N2O2/c1-2-15-37(16-3-1)54(38-17-8-13-33(30-38)34-24-25-41-40-19-6-7-22-46(40)55-48(41)31-34)45-21-10-12-32-23-26-43-42(50(32)45)27-28-47-51(43)53-52(56-47)44-20-9-14-36-29-35-11-4-5-18-39(35)49(36)44/h2,4-28,30-31H,29H2. The summed E-state index contributed by atoms with van der Waals surface area (Å²) in [5, 5.41) is 6.67. The Bertz CT molecular complexity index is 3360. The molecule has 0 amide bonds. The van der Waals surface area contributed by atoms with Crippen molar-refractivity contribution in [2.45, 2.75) is 6.42 Å². The largest absolute Gasteiger partial charge is 0.456 e. The summed E-state index contributed by atoms with van der Waals surface area (Å²) >= 11 is 0. The van der Waals surface area contributed by atoms with Gasteiger partial charge < -0.3 is 13.7 Å². The average Bonchev–Trinajstić information content (AvgIpc) is 3.97. The molecule has 1 aliphatic carbocycles. The molecule has 1 aliphatic rings. The molecule has 260 valence electrons.